The molecule has 0 saturated carbocycles. The third-order valence-corrected chi connectivity index (χ3v) is 1.36. The normalized spacial score (nSPS) is 9.18. The second-order valence-corrected chi connectivity index (χ2v) is 2.07. The second kappa shape index (κ2) is 3.13. The molecule has 0 aliphatic heterocycles. The standard InChI is InChI=1S/C8H6FNO/c9-8-2-1-6(4-10)7(3-8)5-11/h1-3,11H,5H2. The lowest BCUT2D eigenvalue weighted by Gasteiger charge is -1.97. The van der Waals surface area contributed by atoms with Crippen molar-refractivity contribution in [1.29, 1.82) is 5.26 Å². The fraction of sp³-hybridized carbons (Fsp3) is 0.125. The molecule has 0 heterocycles. The Kier molecular flexibility index (Phi) is 2.19. The lowest BCUT2D eigenvalue weighted by molar-refractivity contribution is 0.281. The Morgan fingerprint density at radius 1 is 1.55 bits per heavy atom. The minimum atomic E-state index is -0.437. The number of nitrogens with zero attached hydrogens (tertiary/aromatic N) is 1. The van der Waals surface area contributed by atoms with Crippen LogP contribution in [0, 0.1) is 17.1 Å². The van der Waals surface area contributed by atoms with Crippen LogP contribution < -0.4 is 0 Å². The molecule has 0 bridgehead atoms. The average molecular weight is 151 g/mol. The summed E-state index contributed by atoms with van der Waals surface area (Å²) in [7, 11) is 0. The number of rotatable bonds is 1. The van der Waals surface area contributed by atoms with Crippen LogP contribution in [0.2, 0.25) is 0 Å². The predicted molar refractivity (Wildman–Crippen MR) is 37.0 cm³/mol. The summed E-state index contributed by atoms with van der Waals surface area (Å²) in [6, 6.07) is 5.54. The van der Waals surface area contributed by atoms with Crippen molar-refractivity contribution < 1.29 is 9.50 Å². The number of aliphatic hydroxyl groups is 1. The Hall–Kier alpha value is -1.40. The van der Waals surface area contributed by atoms with Gasteiger partial charge >= 0.3 is 0 Å². The first-order valence-electron chi connectivity index (χ1n) is 3.07. The van der Waals surface area contributed by atoms with Gasteiger partial charge in [-0.1, -0.05) is 0 Å². The fourth-order valence-electron chi connectivity index (χ4n) is 0.802. The topological polar surface area (TPSA) is 44.0 Å². The van der Waals surface area contributed by atoms with Crippen LogP contribution in [0.3, 0.4) is 0 Å². The zero-order chi connectivity index (χ0) is 8.27. The Balaban J connectivity index is 3.19. The van der Waals surface area contributed by atoms with Crippen molar-refractivity contribution in [2.24, 2.45) is 0 Å². The lowest BCUT2D eigenvalue weighted by atomic mass is 10.1. The summed E-state index contributed by atoms with van der Waals surface area (Å²) in [5.41, 5.74) is 0.640. The van der Waals surface area contributed by atoms with Gasteiger partial charge in [0.25, 0.3) is 0 Å². The maximum Gasteiger partial charge on any atom is 0.123 e. The summed E-state index contributed by atoms with van der Waals surface area (Å²) in [4.78, 5) is 0. The molecule has 0 aromatic heterocycles. The zero-order valence-electron chi connectivity index (χ0n) is 5.71. The predicted octanol–water partition coefficient (Wildman–Crippen LogP) is 1.19. The monoisotopic (exact) mass is 151 g/mol. The highest BCUT2D eigenvalue weighted by Crippen LogP contribution is 2.09. The molecule has 1 rings (SSSR count). The summed E-state index contributed by atoms with van der Waals surface area (Å²) in [5, 5.41) is 17.1. The molecule has 11 heavy (non-hydrogen) atoms. The number of aliphatic hydroxyl groups excluding tert-OH is 1. The van der Waals surface area contributed by atoms with Gasteiger partial charge in [0.2, 0.25) is 0 Å². The van der Waals surface area contributed by atoms with E-state index in [2.05, 4.69) is 0 Å². The van der Waals surface area contributed by atoms with Crippen molar-refractivity contribution in [3.63, 3.8) is 0 Å². The van der Waals surface area contributed by atoms with Crippen LogP contribution in [0.25, 0.3) is 0 Å². The second-order valence-electron chi connectivity index (χ2n) is 2.07. The molecule has 0 unspecified atom stereocenters. The SMILES string of the molecule is N#Cc1ccc(F)cc1CO. The smallest absolute Gasteiger partial charge is 0.123 e. The van der Waals surface area contributed by atoms with Gasteiger partial charge in [0.15, 0.2) is 0 Å². The van der Waals surface area contributed by atoms with Crippen molar-refractivity contribution in [1.82, 2.24) is 0 Å². The molecule has 56 valence electrons. The molecule has 0 amide bonds. The number of halogens is 1. The van der Waals surface area contributed by atoms with Crippen LogP contribution in [0.15, 0.2) is 18.2 Å². The van der Waals surface area contributed by atoms with Crippen LogP contribution in [0.1, 0.15) is 11.1 Å². The van der Waals surface area contributed by atoms with Gasteiger partial charge in [0.05, 0.1) is 18.2 Å². The average Bonchev–Trinajstić information content (AvgIpc) is 2.04. The summed E-state index contributed by atoms with van der Waals surface area (Å²) in [6.45, 7) is -0.305. The molecule has 2 nitrogen and oxygen atoms in total. The number of hydrogen-bond donors (Lipinski definition) is 1. The molecule has 1 aromatic carbocycles. The summed E-state index contributed by atoms with van der Waals surface area (Å²) in [6.07, 6.45) is 0. The highest BCUT2D eigenvalue weighted by molar-refractivity contribution is 5.37. The first-order chi connectivity index (χ1) is 5.27. The Morgan fingerprint density at radius 2 is 2.27 bits per heavy atom. The summed E-state index contributed by atoms with van der Waals surface area (Å²) >= 11 is 0. The quantitative estimate of drug-likeness (QED) is 0.655. The van der Waals surface area contributed by atoms with Crippen molar-refractivity contribution >= 4 is 0 Å². The Bertz CT molecular complexity index is 303. The number of benzene rings is 1. The fourth-order valence-corrected chi connectivity index (χ4v) is 0.802. The van der Waals surface area contributed by atoms with Gasteiger partial charge in [-0.15, -0.1) is 0 Å². The van der Waals surface area contributed by atoms with E-state index in [1.54, 1.807) is 0 Å². The first-order valence-corrected chi connectivity index (χ1v) is 3.07. The van der Waals surface area contributed by atoms with E-state index < -0.39 is 5.82 Å². The van der Waals surface area contributed by atoms with Gasteiger partial charge in [-0.3, -0.25) is 0 Å². The number of hydrogen-bond acceptors (Lipinski definition) is 2. The van der Waals surface area contributed by atoms with Crippen molar-refractivity contribution in [3.05, 3.63) is 35.1 Å². The van der Waals surface area contributed by atoms with Gasteiger partial charge in [-0.2, -0.15) is 5.26 Å². The van der Waals surface area contributed by atoms with E-state index in [1.165, 1.54) is 12.1 Å². The lowest BCUT2D eigenvalue weighted by Crippen LogP contribution is -1.90. The third-order valence-electron chi connectivity index (χ3n) is 1.36. The largest absolute Gasteiger partial charge is 0.392 e. The molecule has 0 aliphatic rings. The van der Waals surface area contributed by atoms with E-state index in [-0.39, 0.29) is 6.61 Å². The van der Waals surface area contributed by atoms with E-state index in [4.69, 9.17) is 10.4 Å². The molecule has 0 aliphatic carbocycles. The highest BCUT2D eigenvalue weighted by atomic mass is 19.1. The van der Waals surface area contributed by atoms with E-state index in [0.29, 0.717) is 11.1 Å². The van der Waals surface area contributed by atoms with E-state index in [1.807, 2.05) is 6.07 Å². The molecule has 0 spiro atoms. The molecule has 0 radical (unpaired) electrons. The zero-order valence-corrected chi connectivity index (χ0v) is 5.71. The maximum atomic E-state index is 12.4. The van der Waals surface area contributed by atoms with Crippen molar-refractivity contribution in [2.75, 3.05) is 0 Å². The Labute approximate surface area is 63.5 Å². The third kappa shape index (κ3) is 1.54. The van der Waals surface area contributed by atoms with E-state index in [9.17, 15) is 4.39 Å². The van der Waals surface area contributed by atoms with Crippen molar-refractivity contribution in [3.8, 4) is 6.07 Å². The van der Waals surface area contributed by atoms with Gasteiger partial charge in [-0.25, -0.2) is 4.39 Å². The summed E-state index contributed by atoms with van der Waals surface area (Å²) in [5.74, 6) is -0.437. The molecule has 0 fully saturated rings. The van der Waals surface area contributed by atoms with Crippen LogP contribution in [-0.2, 0) is 6.61 Å². The summed E-state index contributed by atoms with van der Waals surface area (Å²) < 4.78 is 12.4. The first kappa shape index (κ1) is 7.70. The minimum Gasteiger partial charge on any atom is -0.392 e. The number of nitriles is 1. The van der Waals surface area contributed by atoms with Gasteiger partial charge in [0, 0.05) is 0 Å². The minimum absolute atomic E-state index is 0.305. The molecule has 1 N–H and O–H groups in total. The van der Waals surface area contributed by atoms with E-state index in [0.717, 1.165) is 6.07 Å². The van der Waals surface area contributed by atoms with Gasteiger partial charge in [-0.05, 0) is 23.8 Å². The van der Waals surface area contributed by atoms with Crippen LogP contribution in [0.4, 0.5) is 4.39 Å². The highest BCUT2D eigenvalue weighted by Gasteiger charge is 2.00. The van der Waals surface area contributed by atoms with Gasteiger partial charge < -0.3 is 5.11 Å². The molecular formula is C8H6FNO. The molecule has 0 saturated heterocycles. The molecule has 0 atom stereocenters. The molecule has 3 heteroatoms. The van der Waals surface area contributed by atoms with Gasteiger partial charge in [0.1, 0.15) is 5.82 Å². The Morgan fingerprint density at radius 3 is 2.82 bits per heavy atom. The molecular weight excluding hydrogens is 145 g/mol. The van der Waals surface area contributed by atoms with Crippen LogP contribution in [0.5, 0.6) is 0 Å². The van der Waals surface area contributed by atoms with E-state index >= 15 is 0 Å². The van der Waals surface area contributed by atoms with Crippen molar-refractivity contribution in [2.45, 2.75) is 6.61 Å². The molecule has 1 aromatic rings. The van der Waals surface area contributed by atoms with Crippen LogP contribution in [-0.4, -0.2) is 5.11 Å². The maximum absolute atomic E-state index is 12.4. The van der Waals surface area contributed by atoms with Crippen LogP contribution >= 0.6 is 0 Å².